The third kappa shape index (κ3) is 2.81. The summed E-state index contributed by atoms with van der Waals surface area (Å²) in [7, 11) is 1.66. The Kier molecular flexibility index (Phi) is 4.17. The first-order valence-electron chi connectivity index (χ1n) is 8.63. The molecule has 3 heterocycles. The Morgan fingerprint density at radius 1 is 1.21 bits per heavy atom. The Morgan fingerprint density at radius 3 is 2.68 bits per heavy atom. The Labute approximate surface area is 160 Å². The number of aryl methyl sites for hydroxylation is 1. The lowest BCUT2D eigenvalue weighted by atomic mass is 10.0. The van der Waals surface area contributed by atoms with Crippen molar-refractivity contribution in [1.29, 1.82) is 5.26 Å². The molecule has 0 aliphatic carbocycles. The van der Waals surface area contributed by atoms with E-state index in [1.807, 2.05) is 36.4 Å². The van der Waals surface area contributed by atoms with Gasteiger partial charge in [-0.3, -0.25) is 14.5 Å². The molecule has 0 bridgehead atoms. The minimum absolute atomic E-state index is 0.0219. The number of rotatable bonds is 2. The van der Waals surface area contributed by atoms with Crippen LogP contribution >= 0.6 is 0 Å². The lowest BCUT2D eigenvalue weighted by molar-refractivity contribution is -0.126. The maximum Gasteiger partial charge on any atom is 0.273 e. The fraction of sp³-hybridized carbons (Fsp3) is 0.143. The molecule has 0 radical (unpaired) electrons. The number of aromatic nitrogens is 2. The number of hydrogen-bond donors (Lipinski definition) is 1. The summed E-state index contributed by atoms with van der Waals surface area (Å²) in [4.78, 5) is 33.0. The summed E-state index contributed by atoms with van der Waals surface area (Å²) >= 11 is 0. The quantitative estimate of drug-likeness (QED) is 0.746. The minimum Gasteiger partial charge on any atom is -0.472 e. The number of benzene rings is 1. The van der Waals surface area contributed by atoms with E-state index in [9.17, 15) is 9.59 Å². The molecular weight excluding hydrogens is 356 g/mol. The van der Waals surface area contributed by atoms with E-state index in [0.29, 0.717) is 28.4 Å². The number of nitrogens with zero attached hydrogens (tertiary/aromatic N) is 3. The zero-order valence-electron chi connectivity index (χ0n) is 15.3. The van der Waals surface area contributed by atoms with Crippen LogP contribution in [-0.2, 0) is 4.79 Å². The second-order valence-corrected chi connectivity index (χ2v) is 6.51. The van der Waals surface area contributed by atoms with Crippen LogP contribution in [0.15, 0.2) is 53.5 Å². The molecule has 1 atom stereocenters. The van der Waals surface area contributed by atoms with E-state index < -0.39 is 11.7 Å². The molecule has 0 saturated carbocycles. The van der Waals surface area contributed by atoms with Gasteiger partial charge in [0.2, 0.25) is 6.10 Å². The van der Waals surface area contributed by atoms with Gasteiger partial charge >= 0.3 is 0 Å². The molecule has 4 rings (SSSR count). The predicted octanol–water partition coefficient (Wildman–Crippen LogP) is 2.71. The summed E-state index contributed by atoms with van der Waals surface area (Å²) in [5, 5.41) is 9.14. The fourth-order valence-corrected chi connectivity index (χ4v) is 3.23. The second kappa shape index (κ2) is 6.67. The third-order valence-corrected chi connectivity index (χ3v) is 4.72. The van der Waals surface area contributed by atoms with Gasteiger partial charge in [-0.25, -0.2) is 4.98 Å². The van der Waals surface area contributed by atoms with Crippen LogP contribution < -0.4 is 15.2 Å². The number of nitrogens with one attached hydrogen (secondary N) is 1. The smallest absolute Gasteiger partial charge is 0.273 e. The van der Waals surface area contributed by atoms with Crippen molar-refractivity contribution in [1.82, 2.24) is 9.97 Å². The van der Waals surface area contributed by atoms with Gasteiger partial charge in [-0.15, -0.1) is 0 Å². The van der Waals surface area contributed by atoms with Gasteiger partial charge in [0, 0.05) is 35.6 Å². The number of likely N-dealkylation sites (N-methyl/N-ethyl adjacent to an activating group) is 1. The molecule has 1 aromatic carbocycles. The number of carbonyl (C=O) groups excluding carboxylic acids is 1. The van der Waals surface area contributed by atoms with Crippen molar-refractivity contribution in [2.24, 2.45) is 0 Å². The molecule has 0 saturated heterocycles. The summed E-state index contributed by atoms with van der Waals surface area (Å²) in [6.07, 6.45) is 0.832. The van der Waals surface area contributed by atoms with Crippen molar-refractivity contribution in [3.63, 3.8) is 0 Å². The lowest BCUT2D eigenvalue weighted by Crippen LogP contribution is -2.39. The molecule has 3 aromatic rings. The van der Waals surface area contributed by atoms with E-state index in [1.165, 1.54) is 11.0 Å². The molecular formula is C21H16N4O3. The summed E-state index contributed by atoms with van der Waals surface area (Å²) < 4.78 is 5.99. The van der Waals surface area contributed by atoms with E-state index >= 15 is 0 Å². The van der Waals surface area contributed by atoms with Crippen molar-refractivity contribution in [2.45, 2.75) is 13.0 Å². The molecule has 1 aliphatic heterocycles. The highest BCUT2D eigenvalue weighted by Gasteiger charge is 2.34. The highest BCUT2D eigenvalue weighted by molar-refractivity contribution is 5.99. The predicted molar refractivity (Wildman–Crippen MR) is 103 cm³/mol. The molecule has 2 aromatic heterocycles. The van der Waals surface area contributed by atoms with E-state index in [4.69, 9.17) is 10.00 Å². The molecule has 0 spiro atoms. The van der Waals surface area contributed by atoms with Gasteiger partial charge in [0.1, 0.15) is 11.6 Å². The summed E-state index contributed by atoms with van der Waals surface area (Å²) in [6, 6.07) is 14.4. The van der Waals surface area contributed by atoms with E-state index in [0.717, 1.165) is 5.56 Å². The standard InChI is InChI=1S/C21H16N4O3/c1-12-16(8-14(10-22)20(26)24-12)15-9-17-19(23-11-15)25(2)21(27)18(28-17)13-6-4-3-5-7-13/h3-9,11,18H,1-2H3,(H,24,26). The maximum atomic E-state index is 12.7. The first-order chi connectivity index (χ1) is 13.5. The highest BCUT2D eigenvalue weighted by atomic mass is 16.5. The number of amides is 1. The van der Waals surface area contributed by atoms with Gasteiger partial charge in [0.15, 0.2) is 11.6 Å². The van der Waals surface area contributed by atoms with Crippen LogP contribution in [-0.4, -0.2) is 22.9 Å². The molecule has 0 fully saturated rings. The number of ether oxygens (including phenoxy) is 1. The Hall–Kier alpha value is -3.92. The first kappa shape index (κ1) is 17.5. The molecule has 1 N–H and O–H groups in total. The average molecular weight is 372 g/mol. The van der Waals surface area contributed by atoms with Crippen LogP contribution in [0.2, 0.25) is 0 Å². The van der Waals surface area contributed by atoms with E-state index in [-0.39, 0.29) is 11.5 Å². The normalized spacial score (nSPS) is 15.5. The van der Waals surface area contributed by atoms with Gasteiger partial charge in [0.25, 0.3) is 11.5 Å². The van der Waals surface area contributed by atoms with Crippen molar-refractivity contribution in [2.75, 3.05) is 11.9 Å². The highest BCUT2D eigenvalue weighted by Crippen LogP contribution is 2.39. The number of carbonyl (C=O) groups is 1. The second-order valence-electron chi connectivity index (χ2n) is 6.51. The van der Waals surface area contributed by atoms with Gasteiger partial charge in [-0.2, -0.15) is 5.26 Å². The number of H-pyrrole nitrogens is 1. The third-order valence-electron chi connectivity index (χ3n) is 4.72. The van der Waals surface area contributed by atoms with Crippen molar-refractivity contribution >= 4 is 11.7 Å². The topological polar surface area (TPSA) is 99.1 Å². The van der Waals surface area contributed by atoms with Crippen LogP contribution in [0, 0.1) is 18.3 Å². The van der Waals surface area contributed by atoms with Gasteiger partial charge in [-0.1, -0.05) is 30.3 Å². The van der Waals surface area contributed by atoms with Gasteiger partial charge in [-0.05, 0) is 19.1 Å². The molecule has 1 aliphatic rings. The molecule has 28 heavy (non-hydrogen) atoms. The number of anilines is 1. The van der Waals surface area contributed by atoms with Crippen molar-refractivity contribution in [3.8, 4) is 22.9 Å². The van der Waals surface area contributed by atoms with Crippen LogP contribution in [0.4, 0.5) is 5.82 Å². The lowest BCUT2D eigenvalue weighted by Gasteiger charge is -2.31. The minimum atomic E-state index is -0.762. The Balaban J connectivity index is 1.80. The van der Waals surface area contributed by atoms with Crippen molar-refractivity contribution < 1.29 is 9.53 Å². The summed E-state index contributed by atoms with van der Waals surface area (Å²) in [5.74, 6) is 0.673. The molecule has 7 nitrogen and oxygen atoms in total. The number of hydrogen-bond acceptors (Lipinski definition) is 5. The Bertz CT molecular complexity index is 1180. The average Bonchev–Trinajstić information content (AvgIpc) is 2.71. The van der Waals surface area contributed by atoms with Crippen LogP contribution in [0.3, 0.4) is 0 Å². The number of nitriles is 1. The van der Waals surface area contributed by atoms with Crippen LogP contribution in [0.5, 0.6) is 5.75 Å². The maximum absolute atomic E-state index is 12.7. The monoisotopic (exact) mass is 372 g/mol. The van der Waals surface area contributed by atoms with Crippen molar-refractivity contribution in [3.05, 3.63) is 75.8 Å². The van der Waals surface area contributed by atoms with Crippen LogP contribution in [0.1, 0.15) is 22.9 Å². The Morgan fingerprint density at radius 2 is 1.96 bits per heavy atom. The van der Waals surface area contributed by atoms with Gasteiger partial charge in [0.05, 0.1) is 0 Å². The zero-order valence-corrected chi connectivity index (χ0v) is 15.3. The summed E-state index contributed by atoms with van der Waals surface area (Å²) in [6.45, 7) is 1.75. The molecule has 7 heteroatoms. The SMILES string of the molecule is Cc1[nH]c(=O)c(C#N)cc1-c1cnc2c(c1)OC(c1ccccc1)C(=O)N2C. The van der Waals surface area contributed by atoms with E-state index in [2.05, 4.69) is 9.97 Å². The fourth-order valence-electron chi connectivity index (χ4n) is 3.23. The largest absolute Gasteiger partial charge is 0.472 e. The van der Waals surface area contributed by atoms with Crippen LogP contribution in [0.25, 0.3) is 11.1 Å². The number of fused-ring (bicyclic) bond motifs is 1. The number of aromatic amines is 1. The van der Waals surface area contributed by atoms with Gasteiger partial charge < -0.3 is 9.72 Å². The first-order valence-corrected chi connectivity index (χ1v) is 8.63. The van der Waals surface area contributed by atoms with E-state index in [1.54, 1.807) is 26.2 Å². The summed E-state index contributed by atoms with van der Waals surface area (Å²) in [5.41, 5.74) is 2.31. The number of pyridine rings is 2. The zero-order chi connectivity index (χ0) is 19.8. The molecule has 138 valence electrons. The molecule has 1 unspecified atom stereocenters. The molecule has 1 amide bonds.